The highest BCUT2D eigenvalue weighted by Crippen LogP contribution is 2.23. The molecule has 0 aliphatic carbocycles. The fourth-order valence-corrected chi connectivity index (χ4v) is 1.89. The summed E-state index contributed by atoms with van der Waals surface area (Å²) in [5, 5.41) is 5.25. The number of halogens is 1. The zero-order valence-electron chi connectivity index (χ0n) is 10.5. The van der Waals surface area contributed by atoms with Crippen molar-refractivity contribution in [3.63, 3.8) is 0 Å². The third-order valence-corrected chi connectivity index (χ3v) is 2.93. The Morgan fingerprint density at radius 1 is 1.44 bits per heavy atom. The van der Waals surface area contributed by atoms with Gasteiger partial charge in [-0.05, 0) is 38.5 Å². The van der Waals surface area contributed by atoms with Crippen LogP contribution in [-0.4, -0.2) is 16.7 Å². The summed E-state index contributed by atoms with van der Waals surface area (Å²) in [6.07, 6.45) is 0. The average molecular weight is 312 g/mol. The van der Waals surface area contributed by atoms with E-state index in [2.05, 4.69) is 21.1 Å². The van der Waals surface area contributed by atoms with E-state index in [0.29, 0.717) is 16.2 Å². The van der Waals surface area contributed by atoms with Gasteiger partial charge < -0.3 is 9.26 Å². The van der Waals surface area contributed by atoms with E-state index in [1.165, 1.54) is 0 Å². The first-order valence-corrected chi connectivity index (χ1v) is 6.70. The van der Waals surface area contributed by atoms with E-state index in [1.807, 2.05) is 39.0 Å². The minimum absolute atomic E-state index is 0.155. The van der Waals surface area contributed by atoms with E-state index in [-0.39, 0.29) is 5.76 Å². The van der Waals surface area contributed by atoms with Gasteiger partial charge in [0.05, 0.1) is 5.39 Å². The lowest BCUT2D eigenvalue weighted by molar-refractivity contribution is 0.00308. The highest BCUT2D eigenvalue weighted by molar-refractivity contribution is 9.08. The molecular formula is C13H14BrNO3. The number of rotatable bonds is 2. The summed E-state index contributed by atoms with van der Waals surface area (Å²) in [6.45, 7) is 5.44. The normalized spacial score (nSPS) is 11.8. The molecule has 18 heavy (non-hydrogen) atoms. The molecule has 5 heteroatoms. The van der Waals surface area contributed by atoms with Gasteiger partial charge in [0.1, 0.15) is 11.1 Å². The van der Waals surface area contributed by atoms with Crippen molar-refractivity contribution in [1.29, 1.82) is 0 Å². The number of fused-ring (bicyclic) bond motifs is 1. The summed E-state index contributed by atoms with van der Waals surface area (Å²) >= 11 is 3.37. The van der Waals surface area contributed by atoms with Gasteiger partial charge in [0.2, 0.25) is 0 Å². The van der Waals surface area contributed by atoms with Crippen LogP contribution in [0.3, 0.4) is 0 Å². The van der Waals surface area contributed by atoms with E-state index >= 15 is 0 Å². The van der Waals surface area contributed by atoms with Gasteiger partial charge in [-0.3, -0.25) is 0 Å². The number of hydrogen-bond acceptors (Lipinski definition) is 4. The minimum atomic E-state index is -0.552. The Morgan fingerprint density at radius 2 is 2.17 bits per heavy atom. The van der Waals surface area contributed by atoms with Crippen molar-refractivity contribution >= 4 is 32.8 Å². The lowest BCUT2D eigenvalue weighted by Gasteiger charge is -2.18. The fraction of sp³-hybridized carbons (Fsp3) is 0.385. The van der Waals surface area contributed by atoms with E-state index in [0.717, 1.165) is 5.56 Å². The van der Waals surface area contributed by atoms with E-state index < -0.39 is 11.6 Å². The molecule has 0 unspecified atom stereocenters. The Balaban J connectivity index is 2.42. The van der Waals surface area contributed by atoms with Crippen molar-refractivity contribution in [1.82, 2.24) is 5.16 Å². The van der Waals surface area contributed by atoms with E-state index in [1.54, 1.807) is 0 Å². The molecule has 4 nitrogen and oxygen atoms in total. The maximum absolute atomic E-state index is 12.0. The van der Waals surface area contributed by atoms with Gasteiger partial charge in [0, 0.05) is 5.33 Å². The number of esters is 1. The Bertz CT molecular complexity index is 583. The topological polar surface area (TPSA) is 52.3 Å². The number of ether oxygens (including phenoxy) is 1. The van der Waals surface area contributed by atoms with Gasteiger partial charge in [-0.2, -0.15) is 0 Å². The second kappa shape index (κ2) is 4.72. The molecule has 0 fully saturated rings. The Hall–Kier alpha value is -1.36. The van der Waals surface area contributed by atoms with Crippen molar-refractivity contribution in [2.24, 2.45) is 0 Å². The number of aromatic nitrogens is 1. The largest absolute Gasteiger partial charge is 0.454 e. The standard InChI is InChI=1S/C13H14BrNO3/c1-13(2,3)17-12(16)11-9-6-8(7-14)4-5-10(9)15-18-11/h4-6H,7H2,1-3H3. The van der Waals surface area contributed by atoms with Crippen molar-refractivity contribution in [3.8, 4) is 0 Å². The maximum Gasteiger partial charge on any atom is 0.378 e. The number of hydrogen-bond donors (Lipinski definition) is 0. The highest BCUT2D eigenvalue weighted by atomic mass is 79.9. The minimum Gasteiger partial charge on any atom is -0.454 e. The van der Waals surface area contributed by atoms with Crippen LogP contribution >= 0.6 is 15.9 Å². The average Bonchev–Trinajstić information content (AvgIpc) is 2.69. The Kier molecular flexibility index (Phi) is 3.43. The number of carbonyl (C=O) groups is 1. The predicted molar refractivity (Wildman–Crippen MR) is 71.8 cm³/mol. The van der Waals surface area contributed by atoms with Crippen LogP contribution in [0.4, 0.5) is 0 Å². The van der Waals surface area contributed by atoms with Gasteiger partial charge in [0.15, 0.2) is 0 Å². The summed E-state index contributed by atoms with van der Waals surface area (Å²) in [4.78, 5) is 12.0. The van der Waals surface area contributed by atoms with Crippen LogP contribution in [0, 0.1) is 0 Å². The molecular weight excluding hydrogens is 298 g/mol. The quantitative estimate of drug-likeness (QED) is 0.627. The monoisotopic (exact) mass is 311 g/mol. The van der Waals surface area contributed by atoms with Crippen molar-refractivity contribution in [2.45, 2.75) is 31.7 Å². The molecule has 1 aromatic heterocycles. The number of alkyl halides is 1. The summed E-state index contributed by atoms with van der Waals surface area (Å²) < 4.78 is 10.4. The molecule has 0 radical (unpaired) electrons. The molecule has 1 aromatic carbocycles. The summed E-state index contributed by atoms with van der Waals surface area (Å²) in [5.74, 6) is -0.334. The lowest BCUT2D eigenvalue weighted by Crippen LogP contribution is -2.23. The smallest absolute Gasteiger partial charge is 0.378 e. The second-order valence-electron chi connectivity index (χ2n) is 5.00. The van der Waals surface area contributed by atoms with Crippen LogP contribution in [0.1, 0.15) is 36.9 Å². The molecule has 0 aliphatic rings. The lowest BCUT2D eigenvalue weighted by atomic mass is 10.1. The summed E-state index contributed by atoms with van der Waals surface area (Å²) in [5.41, 5.74) is 1.15. The van der Waals surface area contributed by atoms with Gasteiger partial charge in [-0.1, -0.05) is 27.2 Å². The Morgan fingerprint density at radius 3 is 2.78 bits per heavy atom. The van der Waals surface area contributed by atoms with Crippen LogP contribution in [0.15, 0.2) is 22.7 Å². The molecule has 0 saturated carbocycles. The van der Waals surface area contributed by atoms with E-state index in [9.17, 15) is 4.79 Å². The van der Waals surface area contributed by atoms with Crippen LogP contribution < -0.4 is 0 Å². The SMILES string of the molecule is CC(C)(C)OC(=O)c1onc2ccc(CBr)cc12. The number of carbonyl (C=O) groups excluding carboxylic acids is 1. The molecule has 96 valence electrons. The molecule has 2 aromatic rings. The zero-order chi connectivity index (χ0) is 13.3. The highest BCUT2D eigenvalue weighted by Gasteiger charge is 2.23. The van der Waals surface area contributed by atoms with Crippen LogP contribution in [-0.2, 0) is 10.1 Å². The fourth-order valence-electron chi connectivity index (χ4n) is 1.54. The van der Waals surface area contributed by atoms with Gasteiger partial charge in [0.25, 0.3) is 5.76 Å². The van der Waals surface area contributed by atoms with Crippen molar-refractivity contribution in [3.05, 3.63) is 29.5 Å². The van der Waals surface area contributed by atoms with Gasteiger partial charge in [-0.25, -0.2) is 4.79 Å². The van der Waals surface area contributed by atoms with Gasteiger partial charge >= 0.3 is 5.97 Å². The molecule has 2 rings (SSSR count). The first-order valence-electron chi connectivity index (χ1n) is 5.58. The molecule has 0 bridgehead atoms. The van der Waals surface area contributed by atoms with Crippen LogP contribution in [0.25, 0.3) is 10.9 Å². The molecule has 0 spiro atoms. The van der Waals surface area contributed by atoms with E-state index in [4.69, 9.17) is 9.26 Å². The number of benzene rings is 1. The summed E-state index contributed by atoms with van der Waals surface area (Å²) in [7, 11) is 0. The molecule has 0 aliphatic heterocycles. The second-order valence-corrected chi connectivity index (χ2v) is 5.56. The van der Waals surface area contributed by atoms with Crippen molar-refractivity contribution in [2.75, 3.05) is 0 Å². The maximum atomic E-state index is 12.0. The zero-order valence-corrected chi connectivity index (χ0v) is 12.1. The first kappa shape index (κ1) is 13.1. The van der Waals surface area contributed by atoms with Crippen molar-refractivity contribution < 1.29 is 14.1 Å². The molecule has 0 atom stereocenters. The predicted octanol–water partition coefficient (Wildman–Crippen LogP) is 3.68. The third-order valence-electron chi connectivity index (χ3n) is 2.28. The third kappa shape index (κ3) is 2.72. The summed E-state index contributed by atoms with van der Waals surface area (Å²) in [6, 6.07) is 5.63. The van der Waals surface area contributed by atoms with Crippen LogP contribution in [0.5, 0.6) is 0 Å². The molecule has 0 N–H and O–H groups in total. The first-order chi connectivity index (χ1) is 8.40. The molecule has 1 heterocycles. The number of nitrogens with zero attached hydrogens (tertiary/aromatic N) is 1. The molecule has 0 saturated heterocycles. The van der Waals surface area contributed by atoms with Crippen LogP contribution in [0.2, 0.25) is 0 Å². The molecule has 0 amide bonds. The van der Waals surface area contributed by atoms with Gasteiger partial charge in [-0.15, -0.1) is 0 Å². The Labute approximate surface area is 113 Å².